The Morgan fingerprint density at radius 3 is 2.42 bits per heavy atom. The van der Waals surface area contributed by atoms with Gasteiger partial charge in [-0.3, -0.25) is 18.9 Å². The molecular weight excluding hydrogens is 916 g/mol. The molecule has 4 aliphatic rings. The molecule has 4 fully saturated rings. The molecule has 1 amide bonds. The lowest BCUT2D eigenvalue weighted by atomic mass is 9.94. The molecule has 12 nitrogen and oxygen atoms in total. The first-order chi connectivity index (χ1) is 31.6. The minimum absolute atomic E-state index is 0.00433. The number of amides is 1. The Balaban J connectivity index is 1.15. The van der Waals surface area contributed by atoms with Gasteiger partial charge in [-0.2, -0.15) is 0 Å². The standard InChI is InChI=1S/C48H57ClF3N4O8PS/c1-27(2)53-47-55-37(26-66-47)36-21-41(32-15-18-40(62-3)43(49)45(32)54-36)63-31-20-38-39(57)23-48(65(60,61)25-33-34(50)16-17-35(51)44(33)52)22-29(48)12-8-6-4-5-7-11-28(46(59)56(38)24-31)19-42(58)64-30-13-9-10-14-30/h15-18,21,26-31,38H,4-14,19-20,22-25H2,1-3H3,(H,53,55)(H,60,61)/t28-,29+,31-,38+,48-/m1/s1. The number of methoxy groups -OCH3 is 1. The van der Waals surface area contributed by atoms with Gasteiger partial charge in [-0.25, -0.2) is 23.1 Å². The summed E-state index contributed by atoms with van der Waals surface area (Å²) in [6.07, 6.45) is 5.66. The van der Waals surface area contributed by atoms with E-state index in [9.17, 15) is 28.2 Å². The van der Waals surface area contributed by atoms with Gasteiger partial charge in [-0.15, -0.1) is 11.3 Å². The number of carbonyl (C=O) groups is 3. The fourth-order valence-corrected chi connectivity index (χ4v) is 14.0. The first-order valence-electron chi connectivity index (χ1n) is 23.1. The van der Waals surface area contributed by atoms with Gasteiger partial charge in [0.2, 0.25) is 13.3 Å². The number of pyridine rings is 1. The number of hydrogen-bond acceptors (Lipinski definition) is 11. The van der Waals surface area contributed by atoms with Gasteiger partial charge in [0.1, 0.15) is 40.2 Å². The molecule has 1 unspecified atom stereocenters. The van der Waals surface area contributed by atoms with Crippen LogP contribution in [0.1, 0.15) is 116 Å². The zero-order valence-electron chi connectivity index (χ0n) is 37.5. The number of halogens is 4. The minimum Gasteiger partial charge on any atom is -0.495 e. The Labute approximate surface area is 391 Å². The number of thiazole rings is 1. The number of aromatic nitrogens is 2. The van der Waals surface area contributed by atoms with E-state index in [0.717, 1.165) is 51.0 Å². The number of Topliss-reactive ketones (excluding diaryl/α,β-unsaturated/α-hetero) is 1. The normalized spacial score (nSPS) is 25.2. The molecule has 2 aliphatic heterocycles. The summed E-state index contributed by atoms with van der Waals surface area (Å²) in [5.74, 6) is -5.92. The highest BCUT2D eigenvalue weighted by Gasteiger charge is 2.66. The quantitative estimate of drug-likeness (QED) is 0.0791. The highest BCUT2D eigenvalue weighted by molar-refractivity contribution is 7.59. The van der Waals surface area contributed by atoms with Gasteiger partial charge in [0.15, 0.2) is 22.5 Å². The van der Waals surface area contributed by atoms with Crippen LogP contribution in [0.25, 0.3) is 22.3 Å². The van der Waals surface area contributed by atoms with E-state index in [2.05, 4.69) is 5.32 Å². The van der Waals surface area contributed by atoms with Crippen molar-refractivity contribution in [2.24, 2.45) is 11.8 Å². The van der Waals surface area contributed by atoms with E-state index in [1.54, 1.807) is 18.2 Å². The monoisotopic (exact) mass is 972 g/mol. The maximum atomic E-state index is 15.0. The van der Waals surface area contributed by atoms with Crippen LogP contribution >= 0.6 is 30.3 Å². The summed E-state index contributed by atoms with van der Waals surface area (Å²) in [6.45, 7) is 3.95. The summed E-state index contributed by atoms with van der Waals surface area (Å²) < 4.78 is 77.2. The van der Waals surface area contributed by atoms with Crippen molar-refractivity contribution in [3.8, 4) is 22.9 Å². The lowest BCUT2D eigenvalue weighted by Gasteiger charge is -2.30. The molecule has 0 radical (unpaired) electrons. The van der Waals surface area contributed by atoms with Crippen LogP contribution in [0.4, 0.5) is 18.3 Å². The molecule has 2 N–H and O–H groups in total. The number of ketones is 1. The van der Waals surface area contributed by atoms with Gasteiger partial charge in [-0.1, -0.05) is 43.7 Å². The molecule has 18 heteroatoms. The van der Waals surface area contributed by atoms with Crippen molar-refractivity contribution >= 4 is 64.0 Å². The summed E-state index contributed by atoms with van der Waals surface area (Å²) in [4.78, 5) is 66.4. The largest absolute Gasteiger partial charge is 0.495 e. The van der Waals surface area contributed by atoms with E-state index in [1.807, 2.05) is 19.2 Å². The van der Waals surface area contributed by atoms with E-state index in [0.29, 0.717) is 70.7 Å². The summed E-state index contributed by atoms with van der Waals surface area (Å²) in [5, 5.41) is 5.08. The van der Waals surface area contributed by atoms with Crippen molar-refractivity contribution in [3.05, 3.63) is 63.7 Å². The Morgan fingerprint density at radius 1 is 0.970 bits per heavy atom. The second-order valence-corrected chi connectivity index (χ2v) is 22.6. The molecule has 2 aromatic heterocycles. The van der Waals surface area contributed by atoms with Crippen molar-refractivity contribution in [3.63, 3.8) is 0 Å². The fraction of sp³-hybridized carbons (Fsp3) is 0.562. The average molecular weight is 973 g/mol. The van der Waals surface area contributed by atoms with E-state index >= 15 is 8.78 Å². The van der Waals surface area contributed by atoms with E-state index < -0.39 is 89.8 Å². The van der Waals surface area contributed by atoms with Crippen LogP contribution in [0, 0.1) is 29.3 Å². The number of fused-ring (bicyclic) bond motifs is 3. The van der Waals surface area contributed by atoms with Crippen LogP contribution in [0.15, 0.2) is 35.7 Å². The molecule has 0 spiro atoms. The molecule has 356 valence electrons. The second-order valence-electron chi connectivity index (χ2n) is 18.8. The number of carbonyl (C=O) groups excluding carboxylic acids is 3. The molecule has 4 heterocycles. The number of esters is 1. The topological polar surface area (TPSA) is 157 Å². The second kappa shape index (κ2) is 20.2. The highest BCUT2D eigenvalue weighted by Crippen LogP contribution is 2.75. The fourth-order valence-electron chi connectivity index (χ4n) is 10.2. The van der Waals surface area contributed by atoms with Crippen LogP contribution in [-0.4, -0.2) is 80.5 Å². The maximum absolute atomic E-state index is 15.0. The Hall–Kier alpha value is -4.24. The summed E-state index contributed by atoms with van der Waals surface area (Å²) in [7, 11) is -3.13. The van der Waals surface area contributed by atoms with Crippen molar-refractivity contribution in [2.45, 2.75) is 146 Å². The summed E-state index contributed by atoms with van der Waals surface area (Å²) in [5.41, 5.74) is 0.547. The molecule has 2 saturated heterocycles. The molecule has 2 saturated carbocycles. The number of anilines is 1. The van der Waals surface area contributed by atoms with E-state index in [1.165, 1.54) is 23.3 Å². The Morgan fingerprint density at radius 2 is 1.68 bits per heavy atom. The molecular formula is C48H57ClF3N4O8PS. The molecule has 2 aliphatic carbocycles. The summed E-state index contributed by atoms with van der Waals surface area (Å²) >= 11 is 8.28. The third-order valence-electron chi connectivity index (χ3n) is 13.8. The zero-order chi connectivity index (χ0) is 46.9. The first kappa shape index (κ1) is 48.2. The van der Waals surface area contributed by atoms with Crippen LogP contribution in [0.3, 0.4) is 0 Å². The molecule has 6 atom stereocenters. The third-order valence-corrected chi connectivity index (χ3v) is 17.8. The van der Waals surface area contributed by atoms with E-state index in [4.69, 9.17) is 35.8 Å². The van der Waals surface area contributed by atoms with Crippen molar-refractivity contribution in [1.82, 2.24) is 14.9 Å². The SMILES string of the molecule is COc1ccc2c(O[C@@H]3C[C@H]4C(=O)C[C@]5(P(=O)(O)Cc6c(F)ccc(F)c6F)C[C@@H]5CCCCCCC[C@H](CC(=O)OC5CCCC5)C(=O)N4C3)cc(-c3csc(NC(C)C)n3)nc2c1Cl. The van der Waals surface area contributed by atoms with Crippen LogP contribution in [-0.2, 0) is 29.8 Å². The van der Waals surface area contributed by atoms with Crippen molar-refractivity contribution < 1.29 is 51.2 Å². The smallest absolute Gasteiger partial charge is 0.306 e. The first-order valence-corrected chi connectivity index (χ1v) is 26.2. The Bertz CT molecular complexity index is 2520. The van der Waals surface area contributed by atoms with Crippen molar-refractivity contribution in [1.29, 1.82) is 0 Å². The van der Waals surface area contributed by atoms with Gasteiger partial charge in [0.25, 0.3) is 0 Å². The number of ether oxygens (including phenoxy) is 3. The maximum Gasteiger partial charge on any atom is 0.306 e. The molecule has 0 bridgehead atoms. The van der Waals surface area contributed by atoms with Crippen LogP contribution in [0.2, 0.25) is 5.02 Å². The minimum atomic E-state index is -4.62. The predicted molar refractivity (Wildman–Crippen MR) is 247 cm³/mol. The molecule has 8 rings (SSSR count). The number of rotatable bonds is 12. The van der Waals surface area contributed by atoms with Gasteiger partial charge < -0.3 is 29.3 Å². The number of nitrogens with zero attached hydrogens (tertiary/aromatic N) is 3. The lowest BCUT2D eigenvalue weighted by Crippen LogP contribution is -2.45. The van der Waals surface area contributed by atoms with Gasteiger partial charge in [0.05, 0.1) is 48.6 Å². The van der Waals surface area contributed by atoms with Crippen molar-refractivity contribution in [2.75, 3.05) is 19.0 Å². The van der Waals surface area contributed by atoms with Gasteiger partial charge in [0, 0.05) is 47.2 Å². The summed E-state index contributed by atoms with van der Waals surface area (Å²) in [6, 6.07) is 5.52. The number of hydrogen-bond donors (Lipinski definition) is 2. The van der Waals surface area contributed by atoms with Gasteiger partial charge in [-0.05, 0) is 89.0 Å². The average Bonchev–Trinajstić information content (AvgIpc) is 3.69. The third kappa shape index (κ3) is 10.3. The molecule has 4 aromatic rings. The predicted octanol–water partition coefficient (Wildman–Crippen LogP) is 11.0. The van der Waals surface area contributed by atoms with Crippen LogP contribution in [0.5, 0.6) is 11.5 Å². The number of nitrogens with one attached hydrogen (secondary N) is 1. The molecule has 2 aromatic carbocycles. The highest BCUT2D eigenvalue weighted by atomic mass is 35.5. The molecule has 66 heavy (non-hydrogen) atoms. The lowest BCUT2D eigenvalue weighted by molar-refractivity contribution is -0.154. The Kier molecular flexibility index (Phi) is 14.7. The van der Waals surface area contributed by atoms with Crippen LogP contribution < -0.4 is 14.8 Å². The zero-order valence-corrected chi connectivity index (χ0v) is 39.9. The van der Waals surface area contributed by atoms with Gasteiger partial charge >= 0.3 is 5.97 Å². The number of benzene rings is 2. The van der Waals surface area contributed by atoms with E-state index in [-0.39, 0.29) is 43.0 Å².